The van der Waals surface area contributed by atoms with Crippen molar-refractivity contribution in [3.8, 4) is 0 Å². The fraction of sp³-hybridized carbons (Fsp3) is 1.00. The molecule has 0 amide bonds. The summed E-state index contributed by atoms with van der Waals surface area (Å²) in [6.07, 6.45) is 4.96. The smallest absolute Gasteiger partial charge is 0.0471 e. The van der Waals surface area contributed by atoms with Gasteiger partial charge in [-0.15, -0.1) is 0 Å². The zero-order valence-corrected chi connectivity index (χ0v) is 11.8. The van der Waals surface area contributed by atoms with E-state index in [1.807, 2.05) is 7.05 Å². The lowest BCUT2D eigenvalue weighted by Crippen LogP contribution is -2.46. The third kappa shape index (κ3) is 4.94. The van der Waals surface area contributed by atoms with Gasteiger partial charge in [0.1, 0.15) is 0 Å². The molecule has 2 unspecified atom stereocenters. The second-order valence-corrected chi connectivity index (χ2v) is 6.02. The number of rotatable bonds is 7. The zero-order valence-electron chi connectivity index (χ0n) is 11.8. The van der Waals surface area contributed by atoms with Gasteiger partial charge >= 0.3 is 0 Å². The van der Waals surface area contributed by atoms with Crippen LogP contribution in [0.4, 0.5) is 0 Å². The number of nitrogens with zero attached hydrogens (tertiary/aromatic N) is 1. The lowest BCUT2D eigenvalue weighted by Gasteiger charge is -2.39. The Morgan fingerprint density at radius 1 is 1.47 bits per heavy atom. The molecular weight excluding hydrogens is 212 g/mol. The van der Waals surface area contributed by atoms with Gasteiger partial charge < -0.3 is 15.3 Å². The van der Waals surface area contributed by atoms with Crippen LogP contribution in [0.3, 0.4) is 0 Å². The molecule has 1 aliphatic rings. The largest absolute Gasteiger partial charge is 0.396 e. The highest BCUT2D eigenvalue weighted by molar-refractivity contribution is 4.83. The minimum absolute atomic E-state index is 0.354. The Hall–Kier alpha value is -0.120. The maximum atomic E-state index is 9.27. The minimum atomic E-state index is 0.354. The summed E-state index contributed by atoms with van der Waals surface area (Å²) in [6, 6.07) is 0. The molecule has 0 bridgehead atoms. The number of aliphatic hydroxyl groups is 1. The van der Waals surface area contributed by atoms with E-state index in [9.17, 15) is 5.11 Å². The molecule has 1 fully saturated rings. The first kappa shape index (κ1) is 14.9. The van der Waals surface area contributed by atoms with Crippen LogP contribution in [-0.4, -0.2) is 49.8 Å². The molecule has 0 saturated carbocycles. The Kier molecular flexibility index (Phi) is 6.45. The first-order valence-electron chi connectivity index (χ1n) is 7.11. The molecule has 0 aromatic carbocycles. The fourth-order valence-electron chi connectivity index (χ4n) is 3.24. The van der Waals surface area contributed by atoms with Crippen molar-refractivity contribution in [3.05, 3.63) is 0 Å². The molecule has 0 aliphatic carbocycles. The van der Waals surface area contributed by atoms with Crippen LogP contribution in [0.2, 0.25) is 0 Å². The average molecular weight is 242 g/mol. The van der Waals surface area contributed by atoms with Gasteiger partial charge in [0.25, 0.3) is 0 Å². The Balaban J connectivity index is 2.48. The van der Waals surface area contributed by atoms with E-state index >= 15 is 0 Å². The quantitative estimate of drug-likeness (QED) is 0.713. The van der Waals surface area contributed by atoms with Gasteiger partial charge in [0.15, 0.2) is 0 Å². The highest BCUT2D eigenvalue weighted by Crippen LogP contribution is 2.26. The zero-order chi connectivity index (χ0) is 12.7. The normalized spacial score (nSPS) is 25.8. The van der Waals surface area contributed by atoms with Crippen molar-refractivity contribution in [1.29, 1.82) is 0 Å². The SMILES string of the molecule is CCCC(C)(CNC)CN1CCCC(CO)C1. The predicted octanol–water partition coefficient (Wildman–Crippen LogP) is 1.72. The van der Waals surface area contributed by atoms with E-state index in [0.717, 1.165) is 19.6 Å². The molecule has 1 aliphatic heterocycles. The number of piperidine rings is 1. The molecule has 1 heterocycles. The van der Waals surface area contributed by atoms with E-state index in [1.165, 1.54) is 32.2 Å². The first-order valence-corrected chi connectivity index (χ1v) is 7.11. The van der Waals surface area contributed by atoms with Crippen LogP contribution in [0.25, 0.3) is 0 Å². The van der Waals surface area contributed by atoms with Crippen molar-refractivity contribution in [3.63, 3.8) is 0 Å². The summed E-state index contributed by atoms with van der Waals surface area (Å²) in [4.78, 5) is 2.55. The summed E-state index contributed by atoms with van der Waals surface area (Å²) < 4.78 is 0. The summed E-state index contributed by atoms with van der Waals surface area (Å²) in [5.41, 5.74) is 0.376. The maximum Gasteiger partial charge on any atom is 0.0471 e. The summed E-state index contributed by atoms with van der Waals surface area (Å²) in [7, 11) is 2.04. The van der Waals surface area contributed by atoms with Crippen molar-refractivity contribution in [2.24, 2.45) is 11.3 Å². The third-order valence-electron chi connectivity index (χ3n) is 3.92. The summed E-state index contributed by atoms with van der Waals surface area (Å²) in [6.45, 7) is 9.54. The van der Waals surface area contributed by atoms with Gasteiger partial charge in [-0.25, -0.2) is 0 Å². The Labute approximate surface area is 107 Å². The van der Waals surface area contributed by atoms with Gasteiger partial charge in [0, 0.05) is 26.2 Å². The Bertz CT molecular complexity index is 202. The second-order valence-electron chi connectivity index (χ2n) is 6.02. The molecule has 3 heteroatoms. The molecule has 102 valence electrons. The van der Waals surface area contributed by atoms with Crippen LogP contribution < -0.4 is 5.32 Å². The van der Waals surface area contributed by atoms with E-state index in [-0.39, 0.29) is 0 Å². The van der Waals surface area contributed by atoms with Gasteiger partial charge in [-0.3, -0.25) is 0 Å². The molecule has 3 nitrogen and oxygen atoms in total. The van der Waals surface area contributed by atoms with Gasteiger partial charge in [-0.2, -0.15) is 0 Å². The van der Waals surface area contributed by atoms with Gasteiger partial charge in [-0.05, 0) is 44.2 Å². The number of hydrogen-bond donors (Lipinski definition) is 2. The third-order valence-corrected chi connectivity index (χ3v) is 3.92. The van der Waals surface area contributed by atoms with E-state index < -0.39 is 0 Å². The van der Waals surface area contributed by atoms with E-state index in [0.29, 0.717) is 17.9 Å². The van der Waals surface area contributed by atoms with Crippen LogP contribution in [0.1, 0.15) is 39.5 Å². The van der Waals surface area contributed by atoms with Gasteiger partial charge in [0.2, 0.25) is 0 Å². The number of likely N-dealkylation sites (tertiary alicyclic amines) is 1. The molecule has 17 heavy (non-hydrogen) atoms. The lowest BCUT2D eigenvalue weighted by atomic mass is 9.84. The van der Waals surface area contributed by atoms with Crippen LogP contribution in [0, 0.1) is 11.3 Å². The topological polar surface area (TPSA) is 35.5 Å². The highest BCUT2D eigenvalue weighted by Gasteiger charge is 2.28. The maximum absolute atomic E-state index is 9.27. The highest BCUT2D eigenvalue weighted by atomic mass is 16.3. The standard InChI is InChI=1S/C14H30N2O/c1-4-7-14(2,11-15-3)12-16-8-5-6-13(9-16)10-17/h13,15,17H,4-12H2,1-3H3. The summed E-state index contributed by atoms with van der Waals surface area (Å²) in [5.74, 6) is 0.504. The molecule has 0 spiro atoms. The minimum Gasteiger partial charge on any atom is -0.396 e. The van der Waals surface area contributed by atoms with Gasteiger partial charge in [-0.1, -0.05) is 20.3 Å². The van der Waals surface area contributed by atoms with Crippen molar-refractivity contribution >= 4 is 0 Å². The van der Waals surface area contributed by atoms with Crippen LogP contribution in [0.15, 0.2) is 0 Å². The number of aliphatic hydroxyl groups excluding tert-OH is 1. The molecule has 2 N–H and O–H groups in total. The summed E-state index contributed by atoms with van der Waals surface area (Å²) in [5, 5.41) is 12.6. The predicted molar refractivity (Wildman–Crippen MR) is 73.2 cm³/mol. The first-order chi connectivity index (χ1) is 8.13. The summed E-state index contributed by atoms with van der Waals surface area (Å²) >= 11 is 0. The van der Waals surface area contributed by atoms with Crippen molar-refractivity contribution in [2.45, 2.75) is 39.5 Å². The Morgan fingerprint density at radius 2 is 2.24 bits per heavy atom. The molecule has 0 aromatic heterocycles. The molecule has 1 rings (SSSR count). The van der Waals surface area contributed by atoms with E-state index in [4.69, 9.17) is 0 Å². The molecular formula is C14H30N2O. The monoisotopic (exact) mass is 242 g/mol. The average Bonchev–Trinajstić information content (AvgIpc) is 2.29. The molecule has 0 radical (unpaired) electrons. The van der Waals surface area contributed by atoms with E-state index in [2.05, 4.69) is 24.1 Å². The molecule has 2 atom stereocenters. The van der Waals surface area contributed by atoms with Gasteiger partial charge in [0.05, 0.1) is 0 Å². The second kappa shape index (κ2) is 7.34. The van der Waals surface area contributed by atoms with Crippen molar-refractivity contribution in [2.75, 3.05) is 39.8 Å². The Morgan fingerprint density at radius 3 is 2.82 bits per heavy atom. The number of hydrogen-bond acceptors (Lipinski definition) is 3. The van der Waals surface area contributed by atoms with Crippen LogP contribution >= 0.6 is 0 Å². The number of nitrogens with one attached hydrogen (secondary N) is 1. The van der Waals surface area contributed by atoms with Crippen molar-refractivity contribution < 1.29 is 5.11 Å². The van der Waals surface area contributed by atoms with Crippen molar-refractivity contribution in [1.82, 2.24) is 10.2 Å². The van der Waals surface area contributed by atoms with Crippen LogP contribution in [0.5, 0.6) is 0 Å². The lowest BCUT2D eigenvalue weighted by molar-refractivity contribution is 0.0801. The fourth-order valence-corrected chi connectivity index (χ4v) is 3.24. The molecule has 1 saturated heterocycles. The molecule has 0 aromatic rings. The van der Waals surface area contributed by atoms with Crippen LogP contribution in [-0.2, 0) is 0 Å². The van der Waals surface area contributed by atoms with E-state index in [1.54, 1.807) is 0 Å².